The molecule has 0 bridgehead atoms. The molecule has 2 aromatic rings. The summed E-state index contributed by atoms with van der Waals surface area (Å²) in [6.45, 7) is 0. The van der Waals surface area contributed by atoms with Gasteiger partial charge in [0.1, 0.15) is 0 Å². The first-order valence-corrected chi connectivity index (χ1v) is 7.79. The van der Waals surface area contributed by atoms with E-state index in [0.29, 0.717) is 5.41 Å². The first kappa shape index (κ1) is 10.8. The van der Waals surface area contributed by atoms with E-state index in [1.54, 1.807) is 11.3 Å². The number of rotatable bonds is 3. The van der Waals surface area contributed by atoms with Gasteiger partial charge in [0.2, 0.25) is 0 Å². The Hall–Kier alpha value is -0.350. The Morgan fingerprint density at radius 3 is 2.94 bits per heavy atom. The van der Waals surface area contributed by atoms with Crippen LogP contribution >= 0.6 is 27.3 Å². The summed E-state index contributed by atoms with van der Waals surface area (Å²) in [7, 11) is 0. The molecule has 0 aromatic carbocycles. The Kier molecular flexibility index (Phi) is 2.80. The van der Waals surface area contributed by atoms with E-state index in [1.807, 2.05) is 0 Å². The maximum Gasteiger partial charge on any atom is 0.193 e. The van der Waals surface area contributed by atoms with Crippen LogP contribution in [0.4, 0.5) is 0 Å². The third-order valence-electron chi connectivity index (χ3n) is 3.65. The molecule has 3 rings (SSSR count). The van der Waals surface area contributed by atoms with Crippen LogP contribution < -0.4 is 0 Å². The summed E-state index contributed by atoms with van der Waals surface area (Å²) in [5.74, 6) is 0. The highest BCUT2D eigenvalue weighted by Crippen LogP contribution is 2.42. The number of alkyl halides is 1. The molecular weight excluding hydrogens is 284 g/mol. The number of halogens is 1. The molecule has 2 heterocycles. The predicted molar refractivity (Wildman–Crippen MR) is 71.5 cm³/mol. The number of hydrogen-bond donors (Lipinski definition) is 0. The SMILES string of the molecule is BrCC1(Cc2cn3ccsc3n2)CCCC1. The van der Waals surface area contributed by atoms with Crippen LogP contribution in [0.3, 0.4) is 0 Å². The highest BCUT2D eigenvalue weighted by molar-refractivity contribution is 9.09. The molecule has 1 fully saturated rings. The summed E-state index contributed by atoms with van der Waals surface area (Å²) in [4.78, 5) is 5.81. The first-order chi connectivity index (χ1) is 7.81. The Morgan fingerprint density at radius 1 is 1.44 bits per heavy atom. The van der Waals surface area contributed by atoms with Crippen molar-refractivity contribution in [3.63, 3.8) is 0 Å². The van der Waals surface area contributed by atoms with Crippen LogP contribution in [0.5, 0.6) is 0 Å². The number of aromatic nitrogens is 2. The third-order valence-corrected chi connectivity index (χ3v) is 5.61. The molecule has 1 saturated carbocycles. The Morgan fingerprint density at radius 2 is 2.25 bits per heavy atom. The third kappa shape index (κ3) is 1.82. The van der Waals surface area contributed by atoms with Crippen molar-refractivity contribution in [3.8, 4) is 0 Å². The molecule has 2 aromatic heterocycles. The minimum Gasteiger partial charge on any atom is -0.297 e. The Bertz CT molecular complexity index is 453. The fourth-order valence-corrected chi connectivity index (χ4v) is 4.21. The molecule has 0 atom stereocenters. The van der Waals surface area contributed by atoms with Gasteiger partial charge in [-0.3, -0.25) is 4.40 Å². The summed E-state index contributed by atoms with van der Waals surface area (Å²) in [5.41, 5.74) is 1.73. The number of imidazole rings is 1. The van der Waals surface area contributed by atoms with Crippen LogP contribution in [0.2, 0.25) is 0 Å². The van der Waals surface area contributed by atoms with Gasteiger partial charge in [-0.15, -0.1) is 11.3 Å². The summed E-state index contributed by atoms with van der Waals surface area (Å²) < 4.78 is 2.14. The molecule has 1 aliphatic rings. The zero-order valence-electron chi connectivity index (χ0n) is 9.16. The lowest BCUT2D eigenvalue weighted by Crippen LogP contribution is -2.21. The number of nitrogens with zero attached hydrogens (tertiary/aromatic N) is 2. The topological polar surface area (TPSA) is 17.3 Å². The van der Waals surface area contributed by atoms with E-state index < -0.39 is 0 Å². The van der Waals surface area contributed by atoms with Crippen LogP contribution in [0.15, 0.2) is 17.8 Å². The van der Waals surface area contributed by atoms with Crippen molar-refractivity contribution >= 4 is 32.2 Å². The second-order valence-corrected chi connectivity index (χ2v) is 6.28. The number of thiazole rings is 1. The van der Waals surface area contributed by atoms with E-state index in [4.69, 9.17) is 0 Å². The van der Waals surface area contributed by atoms with Crippen molar-refractivity contribution < 1.29 is 0 Å². The minimum atomic E-state index is 0.476. The maximum absolute atomic E-state index is 4.69. The number of hydrogen-bond acceptors (Lipinski definition) is 2. The first-order valence-electron chi connectivity index (χ1n) is 5.78. The standard InChI is InChI=1S/C12H15BrN2S/c13-9-12(3-1-2-4-12)7-10-8-15-5-6-16-11(15)14-10/h5-6,8H,1-4,7,9H2. The monoisotopic (exact) mass is 298 g/mol. The zero-order valence-corrected chi connectivity index (χ0v) is 11.6. The maximum atomic E-state index is 4.69. The van der Waals surface area contributed by atoms with Gasteiger partial charge in [-0.05, 0) is 24.7 Å². The lowest BCUT2D eigenvalue weighted by Gasteiger charge is -2.25. The molecule has 86 valence electrons. The molecule has 0 spiro atoms. The molecule has 1 aliphatic carbocycles. The molecule has 0 amide bonds. The minimum absolute atomic E-state index is 0.476. The lowest BCUT2D eigenvalue weighted by molar-refractivity contribution is 0.343. The quantitative estimate of drug-likeness (QED) is 0.786. The van der Waals surface area contributed by atoms with E-state index >= 15 is 0 Å². The van der Waals surface area contributed by atoms with E-state index in [-0.39, 0.29) is 0 Å². The molecule has 2 nitrogen and oxygen atoms in total. The van der Waals surface area contributed by atoms with Gasteiger partial charge in [0.15, 0.2) is 4.96 Å². The van der Waals surface area contributed by atoms with E-state index in [2.05, 4.69) is 43.1 Å². The van der Waals surface area contributed by atoms with Gasteiger partial charge in [-0.2, -0.15) is 0 Å². The Labute approximate surface area is 108 Å². The van der Waals surface area contributed by atoms with E-state index in [9.17, 15) is 0 Å². The zero-order chi connectivity index (χ0) is 11.0. The van der Waals surface area contributed by atoms with Gasteiger partial charge in [-0.1, -0.05) is 28.8 Å². The van der Waals surface area contributed by atoms with Gasteiger partial charge in [0, 0.05) is 23.1 Å². The van der Waals surface area contributed by atoms with Gasteiger partial charge in [0.25, 0.3) is 0 Å². The molecule has 16 heavy (non-hydrogen) atoms. The molecule has 0 saturated heterocycles. The van der Waals surface area contributed by atoms with Gasteiger partial charge >= 0.3 is 0 Å². The molecule has 0 radical (unpaired) electrons. The normalized spacial score (nSPS) is 19.6. The van der Waals surface area contributed by atoms with Crippen LogP contribution in [0, 0.1) is 5.41 Å². The molecule has 0 aliphatic heterocycles. The van der Waals surface area contributed by atoms with Gasteiger partial charge in [-0.25, -0.2) is 4.98 Å². The highest BCUT2D eigenvalue weighted by Gasteiger charge is 2.33. The second kappa shape index (κ2) is 4.15. The van der Waals surface area contributed by atoms with Crippen molar-refractivity contribution in [3.05, 3.63) is 23.5 Å². The number of fused-ring (bicyclic) bond motifs is 1. The summed E-state index contributed by atoms with van der Waals surface area (Å²) in [5, 5.41) is 3.20. The van der Waals surface area contributed by atoms with Crippen molar-refractivity contribution in [2.45, 2.75) is 32.1 Å². The molecular formula is C12H15BrN2S. The van der Waals surface area contributed by atoms with Crippen molar-refractivity contribution in [2.75, 3.05) is 5.33 Å². The average Bonchev–Trinajstić information content (AvgIpc) is 2.93. The summed E-state index contributed by atoms with van der Waals surface area (Å²) in [6.07, 6.45) is 10.9. The second-order valence-electron chi connectivity index (χ2n) is 4.84. The molecule has 4 heteroatoms. The molecule has 0 N–H and O–H groups in total. The van der Waals surface area contributed by atoms with Crippen molar-refractivity contribution in [1.82, 2.24) is 9.38 Å². The van der Waals surface area contributed by atoms with Crippen LogP contribution in [-0.2, 0) is 6.42 Å². The largest absolute Gasteiger partial charge is 0.297 e. The predicted octanol–water partition coefficient (Wildman–Crippen LogP) is 3.89. The van der Waals surface area contributed by atoms with Crippen molar-refractivity contribution in [1.29, 1.82) is 0 Å². The summed E-state index contributed by atoms with van der Waals surface area (Å²) >= 11 is 5.41. The molecule has 0 unspecified atom stereocenters. The lowest BCUT2D eigenvalue weighted by atomic mass is 9.84. The Balaban J connectivity index is 1.85. The average molecular weight is 299 g/mol. The van der Waals surface area contributed by atoms with Crippen molar-refractivity contribution in [2.24, 2.45) is 5.41 Å². The van der Waals surface area contributed by atoms with E-state index in [1.165, 1.54) is 31.4 Å². The fraction of sp³-hybridized carbons (Fsp3) is 0.583. The van der Waals surface area contributed by atoms with Crippen LogP contribution in [0.1, 0.15) is 31.4 Å². The fourth-order valence-electron chi connectivity index (χ4n) is 2.73. The smallest absolute Gasteiger partial charge is 0.193 e. The van der Waals surface area contributed by atoms with Crippen LogP contribution in [-0.4, -0.2) is 14.7 Å². The van der Waals surface area contributed by atoms with Crippen LogP contribution in [0.25, 0.3) is 4.96 Å². The van der Waals surface area contributed by atoms with E-state index in [0.717, 1.165) is 16.7 Å². The summed E-state index contributed by atoms with van der Waals surface area (Å²) in [6, 6.07) is 0. The highest BCUT2D eigenvalue weighted by atomic mass is 79.9. The van der Waals surface area contributed by atoms with Gasteiger partial charge < -0.3 is 0 Å². The van der Waals surface area contributed by atoms with Gasteiger partial charge in [0.05, 0.1) is 5.69 Å².